The Morgan fingerprint density at radius 2 is 1.82 bits per heavy atom. The number of aromatic nitrogens is 2. The van der Waals surface area contributed by atoms with Crippen molar-refractivity contribution in [1.82, 2.24) is 20.0 Å². The number of carbonyl (C=O) groups excluding carboxylic acids is 1. The molecule has 2 aromatic rings. The van der Waals surface area contributed by atoms with Crippen molar-refractivity contribution < 1.29 is 13.6 Å². The van der Waals surface area contributed by atoms with Crippen molar-refractivity contribution >= 4 is 29.0 Å². The molecule has 2 aliphatic rings. The quantitative estimate of drug-likeness (QED) is 0.471. The molecular weight excluding hydrogens is 458 g/mol. The number of thioether (sulfide) groups is 1. The standard InChI is InChI=1S/C24H32F2N6OS/c1-34-16-32(23-13-21(26)20(25)12-22(23)27)19-5-10-31(11-6-19)24(33)18-3-8-30(9-4-18)15-17-2-7-28-29-14-17/h2,7,12-14,18-19H,3-6,8-11,15-16,27H2,1H3. The fraction of sp³-hybridized carbons (Fsp3) is 0.542. The molecule has 3 heterocycles. The Bertz CT molecular complexity index is 965. The topological polar surface area (TPSA) is 78.6 Å². The van der Waals surface area contributed by atoms with Crippen molar-refractivity contribution in [3.8, 4) is 0 Å². The second-order valence-corrected chi connectivity index (χ2v) is 9.91. The number of nitrogen functional groups attached to an aromatic ring is 1. The summed E-state index contributed by atoms with van der Waals surface area (Å²) < 4.78 is 27.5. The molecule has 0 atom stereocenters. The van der Waals surface area contributed by atoms with Gasteiger partial charge in [-0.25, -0.2) is 8.78 Å². The molecule has 184 valence electrons. The minimum absolute atomic E-state index is 0.0625. The smallest absolute Gasteiger partial charge is 0.225 e. The largest absolute Gasteiger partial charge is 0.397 e. The predicted octanol–water partition coefficient (Wildman–Crippen LogP) is 3.37. The third-order valence-electron chi connectivity index (χ3n) is 6.85. The number of likely N-dealkylation sites (tertiary alicyclic amines) is 2. The Hall–Kier alpha value is -2.46. The highest BCUT2D eigenvalue weighted by Gasteiger charge is 2.33. The Morgan fingerprint density at radius 1 is 1.12 bits per heavy atom. The van der Waals surface area contributed by atoms with Gasteiger partial charge in [0, 0.05) is 49.9 Å². The van der Waals surface area contributed by atoms with Crippen molar-refractivity contribution in [2.75, 3.05) is 48.9 Å². The van der Waals surface area contributed by atoms with Gasteiger partial charge >= 0.3 is 0 Å². The Morgan fingerprint density at radius 3 is 2.47 bits per heavy atom. The van der Waals surface area contributed by atoms with Crippen LogP contribution in [0.25, 0.3) is 0 Å². The molecule has 0 radical (unpaired) electrons. The summed E-state index contributed by atoms with van der Waals surface area (Å²) in [6.45, 7) is 3.96. The average Bonchev–Trinajstić information content (AvgIpc) is 2.86. The van der Waals surface area contributed by atoms with Gasteiger partial charge in [-0.05, 0) is 56.7 Å². The van der Waals surface area contributed by atoms with Crippen LogP contribution in [0.3, 0.4) is 0 Å². The van der Waals surface area contributed by atoms with Gasteiger partial charge in [0.2, 0.25) is 5.91 Å². The zero-order chi connectivity index (χ0) is 24.1. The second-order valence-electron chi connectivity index (χ2n) is 9.07. The number of benzene rings is 1. The lowest BCUT2D eigenvalue weighted by atomic mass is 9.93. The van der Waals surface area contributed by atoms with Crippen LogP contribution < -0.4 is 10.6 Å². The van der Waals surface area contributed by atoms with E-state index in [0.29, 0.717) is 24.7 Å². The van der Waals surface area contributed by atoms with Crippen LogP contribution in [-0.4, -0.2) is 70.3 Å². The maximum atomic E-state index is 13.9. The molecule has 1 aromatic heterocycles. The van der Waals surface area contributed by atoms with Crippen molar-refractivity contribution in [1.29, 1.82) is 0 Å². The Balaban J connectivity index is 1.30. The van der Waals surface area contributed by atoms with Crippen LogP contribution >= 0.6 is 11.8 Å². The third kappa shape index (κ3) is 5.78. The highest BCUT2D eigenvalue weighted by atomic mass is 32.2. The number of carbonyl (C=O) groups is 1. The normalized spacial score (nSPS) is 18.3. The molecular formula is C24H32F2N6OS. The minimum Gasteiger partial charge on any atom is -0.397 e. The van der Waals surface area contributed by atoms with Gasteiger partial charge in [-0.1, -0.05) is 0 Å². The molecule has 7 nitrogen and oxygen atoms in total. The molecule has 10 heteroatoms. The van der Waals surface area contributed by atoms with Crippen LogP contribution in [0.5, 0.6) is 0 Å². The van der Waals surface area contributed by atoms with E-state index in [2.05, 4.69) is 20.0 Å². The molecule has 2 aliphatic heterocycles. The van der Waals surface area contributed by atoms with E-state index in [-0.39, 0.29) is 23.6 Å². The van der Waals surface area contributed by atoms with Gasteiger partial charge in [0.25, 0.3) is 0 Å². The maximum absolute atomic E-state index is 13.9. The molecule has 1 amide bonds. The molecule has 0 unspecified atom stereocenters. The number of piperidine rings is 2. The first-order chi connectivity index (χ1) is 16.5. The van der Waals surface area contributed by atoms with Gasteiger partial charge in [0.1, 0.15) is 0 Å². The van der Waals surface area contributed by atoms with Crippen LogP contribution in [-0.2, 0) is 11.3 Å². The molecule has 0 saturated carbocycles. The van der Waals surface area contributed by atoms with Crippen LogP contribution in [0.1, 0.15) is 31.2 Å². The summed E-state index contributed by atoms with van der Waals surface area (Å²) in [7, 11) is 0. The fourth-order valence-electron chi connectivity index (χ4n) is 4.98. The van der Waals surface area contributed by atoms with Gasteiger partial charge in [-0.3, -0.25) is 9.69 Å². The SMILES string of the molecule is CSCN(c1cc(F)c(F)cc1N)C1CCN(C(=O)C2CCN(Cc3ccnnc3)CC2)CC1. The lowest BCUT2D eigenvalue weighted by Gasteiger charge is -2.41. The monoisotopic (exact) mass is 490 g/mol. The summed E-state index contributed by atoms with van der Waals surface area (Å²) in [4.78, 5) is 19.6. The zero-order valence-corrected chi connectivity index (χ0v) is 20.3. The Labute approximate surface area is 203 Å². The summed E-state index contributed by atoms with van der Waals surface area (Å²) in [6.07, 6.45) is 8.74. The molecule has 1 aromatic carbocycles. The van der Waals surface area contributed by atoms with E-state index in [0.717, 1.165) is 56.9 Å². The van der Waals surface area contributed by atoms with Gasteiger partial charge in [-0.15, -0.1) is 11.8 Å². The molecule has 0 aliphatic carbocycles. The number of hydrogen-bond donors (Lipinski definition) is 1. The first-order valence-electron chi connectivity index (χ1n) is 11.7. The lowest BCUT2D eigenvalue weighted by molar-refractivity contribution is -0.138. The van der Waals surface area contributed by atoms with Crippen molar-refractivity contribution in [2.24, 2.45) is 5.92 Å². The fourth-order valence-corrected chi connectivity index (χ4v) is 5.60. The van der Waals surface area contributed by atoms with E-state index >= 15 is 0 Å². The van der Waals surface area contributed by atoms with Gasteiger partial charge in [0.15, 0.2) is 11.6 Å². The second kappa shape index (κ2) is 11.3. The van der Waals surface area contributed by atoms with Crippen LogP contribution in [0, 0.1) is 17.6 Å². The molecule has 2 saturated heterocycles. The van der Waals surface area contributed by atoms with Crippen molar-refractivity contribution in [3.05, 3.63) is 47.8 Å². The van der Waals surface area contributed by atoms with E-state index in [1.165, 1.54) is 6.07 Å². The third-order valence-corrected chi connectivity index (χ3v) is 7.39. The Kier molecular flexibility index (Phi) is 8.20. The van der Waals surface area contributed by atoms with Crippen LogP contribution in [0.2, 0.25) is 0 Å². The van der Waals surface area contributed by atoms with Gasteiger partial charge < -0.3 is 15.5 Å². The number of anilines is 2. The number of nitrogens with two attached hydrogens (primary N) is 1. The average molecular weight is 491 g/mol. The van der Waals surface area contributed by atoms with Gasteiger partial charge in [-0.2, -0.15) is 10.2 Å². The van der Waals surface area contributed by atoms with Crippen molar-refractivity contribution in [3.63, 3.8) is 0 Å². The summed E-state index contributed by atoms with van der Waals surface area (Å²) in [6, 6.07) is 4.34. The van der Waals surface area contributed by atoms with Crippen LogP contribution in [0.15, 0.2) is 30.6 Å². The predicted molar refractivity (Wildman–Crippen MR) is 131 cm³/mol. The number of hydrogen-bond acceptors (Lipinski definition) is 7. The molecule has 2 N–H and O–H groups in total. The highest BCUT2D eigenvalue weighted by molar-refractivity contribution is 7.98. The number of rotatable bonds is 7. The molecule has 2 fully saturated rings. The van der Waals surface area contributed by atoms with E-state index in [1.807, 2.05) is 17.2 Å². The number of nitrogens with zero attached hydrogens (tertiary/aromatic N) is 5. The van der Waals surface area contributed by atoms with Crippen LogP contribution in [0.4, 0.5) is 20.2 Å². The first kappa shape index (κ1) is 24.7. The summed E-state index contributed by atoms with van der Waals surface area (Å²) in [5, 5.41) is 7.75. The minimum atomic E-state index is -0.936. The van der Waals surface area contributed by atoms with E-state index in [9.17, 15) is 13.6 Å². The van der Waals surface area contributed by atoms with Crippen molar-refractivity contribution in [2.45, 2.75) is 38.3 Å². The summed E-state index contributed by atoms with van der Waals surface area (Å²) in [5.41, 5.74) is 7.93. The highest BCUT2D eigenvalue weighted by Crippen LogP contribution is 2.32. The maximum Gasteiger partial charge on any atom is 0.225 e. The lowest BCUT2D eigenvalue weighted by Crippen LogP contribution is -2.49. The van der Waals surface area contributed by atoms with E-state index < -0.39 is 11.6 Å². The molecule has 0 bridgehead atoms. The zero-order valence-electron chi connectivity index (χ0n) is 19.5. The first-order valence-corrected chi connectivity index (χ1v) is 13.1. The summed E-state index contributed by atoms with van der Waals surface area (Å²) in [5.74, 6) is -0.900. The number of halogens is 2. The van der Waals surface area contributed by atoms with E-state index in [4.69, 9.17) is 5.73 Å². The molecule has 34 heavy (non-hydrogen) atoms. The number of amides is 1. The molecule has 0 spiro atoms. The summed E-state index contributed by atoms with van der Waals surface area (Å²) >= 11 is 1.61. The molecule has 4 rings (SSSR count). The van der Waals surface area contributed by atoms with Gasteiger partial charge in [0.05, 0.1) is 23.4 Å². The van der Waals surface area contributed by atoms with E-state index in [1.54, 1.807) is 24.2 Å².